The molecule has 1 aromatic rings. The lowest BCUT2D eigenvalue weighted by atomic mass is 9.91. The van der Waals surface area contributed by atoms with Crippen LogP contribution in [0.5, 0.6) is 11.5 Å². The molecule has 1 N–H and O–H groups in total. The second-order valence-corrected chi connectivity index (χ2v) is 4.54. The zero-order chi connectivity index (χ0) is 12.0. The van der Waals surface area contributed by atoms with E-state index in [-0.39, 0.29) is 13.2 Å². The summed E-state index contributed by atoms with van der Waals surface area (Å²) in [7, 11) is 0. The Morgan fingerprint density at radius 2 is 2.00 bits per heavy atom. The van der Waals surface area contributed by atoms with Crippen molar-refractivity contribution < 1.29 is 23.8 Å². The van der Waals surface area contributed by atoms with Crippen LogP contribution in [0.2, 0.25) is 0 Å². The molecule has 0 spiro atoms. The third-order valence-electron chi connectivity index (χ3n) is 3.38. The van der Waals surface area contributed by atoms with E-state index in [1.165, 1.54) is 6.07 Å². The van der Waals surface area contributed by atoms with E-state index in [9.17, 15) is 9.18 Å². The second kappa shape index (κ2) is 3.35. The summed E-state index contributed by atoms with van der Waals surface area (Å²) in [5.74, 6) is -0.428. The van der Waals surface area contributed by atoms with Gasteiger partial charge in [0.25, 0.3) is 0 Å². The Hall–Kier alpha value is -1.78. The molecule has 4 nitrogen and oxygen atoms in total. The van der Waals surface area contributed by atoms with Crippen LogP contribution in [0, 0.1) is 5.82 Å². The van der Waals surface area contributed by atoms with Crippen LogP contribution in [-0.2, 0) is 10.2 Å². The SMILES string of the molecule is O=C(O)CC1(c2cc3c(cc2F)OCO3)CC1. The predicted octanol–water partition coefficient (Wildman–Crippen LogP) is 2.06. The van der Waals surface area contributed by atoms with E-state index in [2.05, 4.69) is 0 Å². The third-order valence-corrected chi connectivity index (χ3v) is 3.38. The van der Waals surface area contributed by atoms with Gasteiger partial charge in [-0.15, -0.1) is 0 Å². The number of ether oxygens (including phenoxy) is 2. The number of rotatable bonds is 3. The molecular weight excluding hydrogens is 227 g/mol. The summed E-state index contributed by atoms with van der Waals surface area (Å²) in [6.07, 6.45) is 1.37. The average molecular weight is 238 g/mol. The van der Waals surface area contributed by atoms with Gasteiger partial charge in [0.1, 0.15) is 5.82 Å². The van der Waals surface area contributed by atoms with E-state index in [1.54, 1.807) is 6.07 Å². The quantitative estimate of drug-likeness (QED) is 0.875. The first-order valence-corrected chi connectivity index (χ1v) is 5.42. The minimum absolute atomic E-state index is 0.0381. The number of carbonyl (C=O) groups is 1. The van der Waals surface area contributed by atoms with Crippen LogP contribution in [0.3, 0.4) is 0 Å². The van der Waals surface area contributed by atoms with Crippen molar-refractivity contribution in [1.82, 2.24) is 0 Å². The van der Waals surface area contributed by atoms with E-state index in [0.29, 0.717) is 29.9 Å². The molecule has 1 heterocycles. The summed E-state index contributed by atoms with van der Waals surface area (Å²) >= 11 is 0. The predicted molar refractivity (Wildman–Crippen MR) is 55.7 cm³/mol. The van der Waals surface area contributed by atoms with Gasteiger partial charge in [0.05, 0.1) is 6.42 Å². The Balaban J connectivity index is 2.01. The van der Waals surface area contributed by atoms with Crippen molar-refractivity contribution >= 4 is 5.97 Å². The van der Waals surface area contributed by atoms with E-state index in [4.69, 9.17) is 14.6 Å². The summed E-state index contributed by atoms with van der Waals surface area (Å²) in [6.45, 7) is 0.0875. The number of fused-ring (bicyclic) bond motifs is 1. The number of hydrogen-bond donors (Lipinski definition) is 1. The normalized spacial score (nSPS) is 19.1. The molecule has 0 atom stereocenters. The highest BCUT2D eigenvalue weighted by Crippen LogP contribution is 2.53. The molecule has 3 rings (SSSR count). The molecule has 5 heteroatoms. The topological polar surface area (TPSA) is 55.8 Å². The first kappa shape index (κ1) is 10.4. The van der Waals surface area contributed by atoms with Crippen LogP contribution < -0.4 is 9.47 Å². The maximum Gasteiger partial charge on any atom is 0.304 e. The molecule has 1 aliphatic heterocycles. The zero-order valence-corrected chi connectivity index (χ0v) is 9.03. The van der Waals surface area contributed by atoms with Crippen molar-refractivity contribution in [2.75, 3.05) is 6.79 Å². The fraction of sp³-hybridized carbons (Fsp3) is 0.417. The molecule has 0 saturated heterocycles. The maximum absolute atomic E-state index is 13.9. The largest absolute Gasteiger partial charge is 0.481 e. The number of aliphatic carboxylic acids is 1. The van der Waals surface area contributed by atoms with Crippen molar-refractivity contribution in [2.24, 2.45) is 0 Å². The van der Waals surface area contributed by atoms with Crippen LogP contribution in [-0.4, -0.2) is 17.9 Å². The van der Waals surface area contributed by atoms with E-state index in [0.717, 1.165) is 0 Å². The second-order valence-electron chi connectivity index (χ2n) is 4.54. The van der Waals surface area contributed by atoms with Crippen LogP contribution in [0.15, 0.2) is 12.1 Å². The van der Waals surface area contributed by atoms with Gasteiger partial charge in [-0.25, -0.2) is 4.39 Å². The molecule has 0 bridgehead atoms. The number of carboxylic acid groups (broad SMARTS) is 1. The van der Waals surface area contributed by atoms with E-state index in [1.807, 2.05) is 0 Å². The van der Waals surface area contributed by atoms with Crippen LogP contribution >= 0.6 is 0 Å². The van der Waals surface area contributed by atoms with Crippen LogP contribution in [0.4, 0.5) is 4.39 Å². The lowest BCUT2D eigenvalue weighted by molar-refractivity contribution is -0.137. The monoisotopic (exact) mass is 238 g/mol. The number of halogens is 1. The number of carboxylic acids is 1. The van der Waals surface area contributed by atoms with Gasteiger partial charge < -0.3 is 14.6 Å². The zero-order valence-electron chi connectivity index (χ0n) is 9.03. The lowest BCUT2D eigenvalue weighted by Crippen LogP contribution is -2.14. The Bertz CT molecular complexity index is 494. The Kier molecular flexibility index (Phi) is 2.05. The highest BCUT2D eigenvalue weighted by atomic mass is 19.1. The highest BCUT2D eigenvalue weighted by Gasteiger charge is 2.48. The van der Waals surface area contributed by atoms with Gasteiger partial charge in [0.15, 0.2) is 11.5 Å². The number of benzene rings is 1. The van der Waals surface area contributed by atoms with Crippen molar-refractivity contribution in [3.63, 3.8) is 0 Å². The molecule has 0 amide bonds. The molecule has 0 radical (unpaired) electrons. The Morgan fingerprint density at radius 3 is 2.59 bits per heavy atom. The fourth-order valence-corrected chi connectivity index (χ4v) is 2.31. The summed E-state index contributed by atoms with van der Waals surface area (Å²) in [6, 6.07) is 2.85. The molecule has 2 aliphatic rings. The minimum Gasteiger partial charge on any atom is -0.481 e. The molecule has 1 fully saturated rings. The summed E-state index contributed by atoms with van der Waals surface area (Å²) in [5.41, 5.74) is -0.110. The number of hydrogen-bond acceptors (Lipinski definition) is 3. The minimum atomic E-state index is -0.903. The first-order chi connectivity index (χ1) is 8.11. The van der Waals surface area contributed by atoms with E-state index < -0.39 is 17.2 Å². The Labute approximate surface area is 97.0 Å². The summed E-state index contributed by atoms with van der Waals surface area (Å²) < 4.78 is 24.2. The molecule has 17 heavy (non-hydrogen) atoms. The van der Waals surface area contributed by atoms with Crippen LogP contribution in [0.1, 0.15) is 24.8 Å². The standard InChI is InChI=1S/C12H11FO4/c13-8-4-10-9(16-6-17-10)3-7(8)12(1-2-12)5-11(14)15/h3-4H,1-2,5-6H2,(H,14,15). The van der Waals surface area contributed by atoms with Gasteiger partial charge in [-0.3, -0.25) is 4.79 Å². The summed E-state index contributed by atoms with van der Waals surface area (Å²) in [5, 5.41) is 8.86. The fourth-order valence-electron chi connectivity index (χ4n) is 2.31. The van der Waals surface area contributed by atoms with Crippen molar-refractivity contribution in [1.29, 1.82) is 0 Å². The smallest absolute Gasteiger partial charge is 0.304 e. The van der Waals surface area contributed by atoms with E-state index >= 15 is 0 Å². The lowest BCUT2D eigenvalue weighted by Gasteiger charge is -2.14. The van der Waals surface area contributed by atoms with Gasteiger partial charge in [-0.05, 0) is 24.5 Å². The maximum atomic E-state index is 13.9. The molecule has 90 valence electrons. The van der Waals surface area contributed by atoms with Gasteiger partial charge in [-0.1, -0.05) is 0 Å². The van der Waals surface area contributed by atoms with Gasteiger partial charge in [-0.2, -0.15) is 0 Å². The summed E-state index contributed by atoms with van der Waals surface area (Å²) in [4.78, 5) is 10.8. The van der Waals surface area contributed by atoms with Crippen LogP contribution in [0.25, 0.3) is 0 Å². The average Bonchev–Trinajstić information content (AvgIpc) is 2.87. The van der Waals surface area contributed by atoms with Crippen molar-refractivity contribution in [3.05, 3.63) is 23.5 Å². The van der Waals surface area contributed by atoms with Gasteiger partial charge >= 0.3 is 5.97 Å². The van der Waals surface area contributed by atoms with Crippen molar-refractivity contribution in [3.8, 4) is 11.5 Å². The highest BCUT2D eigenvalue weighted by molar-refractivity contribution is 5.70. The molecule has 0 aromatic heterocycles. The third kappa shape index (κ3) is 1.62. The molecular formula is C12H11FO4. The first-order valence-electron chi connectivity index (χ1n) is 5.42. The molecule has 0 unspecified atom stereocenters. The van der Waals surface area contributed by atoms with Gasteiger partial charge in [0, 0.05) is 11.5 Å². The van der Waals surface area contributed by atoms with Crippen molar-refractivity contribution in [2.45, 2.75) is 24.7 Å². The molecule has 1 aliphatic carbocycles. The van der Waals surface area contributed by atoms with Gasteiger partial charge in [0.2, 0.25) is 6.79 Å². The molecule has 1 aromatic carbocycles. The Morgan fingerprint density at radius 1 is 1.35 bits per heavy atom. The molecule has 1 saturated carbocycles.